The van der Waals surface area contributed by atoms with Gasteiger partial charge in [-0.1, -0.05) is 35.8 Å². The summed E-state index contributed by atoms with van der Waals surface area (Å²) in [5, 5.41) is 5.27. The maximum absolute atomic E-state index is 12.2. The molecular weight excluding hydrogens is 294 g/mol. The molecule has 0 fully saturated rings. The zero-order valence-corrected chi connectivity index (χ0v) is 12.4. The van der Waals surface area contributed by atoms with Gasteiger partial charge in [0.1, 0.15) is 0 Å². The quantitative estimate of drug-likeness (QED) is 0.796. The van der Waals surface area contributed by atoms with Gasteiger partial charge in [-0.05, 0) is 30.4 Å². The van der Waals surface area contributed by atoms with E-state index in [0.717, 1.165) is 18.2 Å². The molecular formula is C13H18BrN3O. The molecule has 0 N–H and O–H groups in total. The minimum atomic E-state index is -0.0576. The van der Waals surface area contributed by atoms with E-state index in [4.69, 9.17) is 0 Å². The Morgan fingerprint density at radius 1 is 1.33 bits per heavy atom. The van der Waals surface area contributed by atoms with Crippen molar-refractivity contribution >= 4 is 21.6 Å². The van der Waals surface area contributed by atoms with E-state index in [1.807, 2.05) is 18.2 Å². The molecule has 4 nitrogen and oxygen atoms in total. The molecule has 98 valence electrons. The Kier molecular flexibility index (Phi) is 3.90. The Labute approximate surface area is 115 Å². The van der Waals surface area contributed by atoms with Gasteiger partial charge in [-0.15, -0.1) is 5.10 Å². The van der Waals surface area contributed by atoms with Crippen molar-refractivity contribution in [1.29, 1.82) is 0 Å². The molecule has 0 unspecified atom stereocenters. The lowest BCUT2D eigenvalue weighted by atomic mass is 9.85. The van der Waals surface area contributed by atoms with Crippen molar-refractivity contribution in [3.05, 3.63) is 34.9 Å². The van der Waals surface area contributed by atoms with Crippen LogP contribution in [-0.4, -0.2) is 19.5 Å². The highest BCUT2D eigenvalue weighted by Crippen LogP contribution is 2.30. The van der Waals surface area contributed by atoms with Crippen LogP contribution < -0.4 is 5.69 Å². The fourth-order valence-corrected chi connectivity index (χ4v) is 3.06. The monoisotopic (exact) mass is 311 g/mol. The predicted molar refractivity (Wildman–Crippen MR) is 76.3 cm³/mol. The maximum atomic E-state index is 12.2. The number of nitrogens with zero attached hydrogens (tertiary/aromatic N) is 3. The van der Waals surface area contributed by atoms with Crippen LogP contribution in [0.1, 0.15) is 26.7 Å². The Morgan fingerprint density at radius 2 is 2.06 bits per heavy atom. The van der Waals surface area contributed by atoms with Gasteiger partial charge in [0, 0.05) is 11.5 Å². The number of pyridine rings is 1. The van der Waals surface area contributed by atoms with Crippen LogP contribution in [-0.2, 0) is 6.54 Å². The topological polar surface area (TPSA) is 39.3 Å². The van der Waals surface area contributed by atoms with Gasteiger partial charge in [0.2, 0.25) is 0 Å². The molecule has 18 heavy (non-hydrogen) atoms. The van der Waals surface area contributed by atoms with Crippen molar-refractivity contribution in [3.63, 3.8) is 0 Å². The zero-order valence-electron chi connectivity index (χ0n) is 10.8. The summed E-state index contributed by atoms with van der Waals surface area (Å²) in [5.74, 6) is 0. The number of hydrogen-bond acceptors (Lipinski definition) is 2. The number of rotatable bonds is 5. The third kappa shape index (κ3) is 2.23. The molecule has 0 radical (unpaired) electrons. The molecule has 2 rings (SSSR count). The SMILES string of the molecule is CCC(CC)(CBr)Cn1nc2ccccn2c1=O. The third-order valence-electron chi connectivity index (χ3n) is 3.76. The summed E-state index contributed by atoms with van der Waals surface area (Å²) in [4.78, 5) is 12.2. The van der Waals surface area contributed by atoms with Crippen LogP contribution in [0.5, 0.6) is 0 Å². The summed E-state index contributed by atoms with van der Waals surface area (Å²) in [6, 6.07) is 5.59. The molecule has 5 heteroatoms. The molecule has 2 aromatic heterocycles. The van der Waals surface area contributed by atoms with E-state index in [0.29, 0.717) is 12.2 Å². The minimum Gasteiger partial charge on any atom is -0.250 e. The molecule has 2 aromatic rings. The third-order valence-corrected chi connectivity index (χ3v) is 4.95. The lowest BCUT2D eigenvalue weighted by molar-refractivity contribution is 0.244. The van der Waals surface area contributed by atoms with E-state index in [-0.39, 0.29) is 11.1 Å². The molecule has 0 bridgehead atoms. The molecule has 0 saturated carbocycles. The van der Waals surface area contributed by atoms with Gasteiger partial charge in [-0.2, -0.15) is 0 Å². The van der Waals surface area contributed by atoms with Crippen LogP contribution in [0.15, 0.2) is 29.2 Å². The lowest BCUT2D eigenvalue weighted by Crippen LogP contribution is -2.33. The van der Waals surface area contributed by atoms with Crippen molar-refractivity contribution in [1.82, 2.24) is 14.2 Å². The largest absolute Gasteiger partial charge is 0.350 e. The highest BCUT2D eigenvalue weighted by Gasteiger charge is 2.27. The van der Waals surface area contributed by atoms with Crippen molar-refractivity contribution in [2.45, 2.75) is 33.2 Å². The second kappa shape index (κ2) is 5.26. The summed E-state index contributed by atoms with van der Waals surface area (Å²) < 4.78 is 3.17. The smallest absolute Gasteiger partial charge is 0.250 e. The van der Waals surface area contributed by atoms with Crippen molar-refractivity contribution in [2.24, 2.45) is 5.41 Å². The van der Waals surface area contributed by atoms with E-state index in [1.54, 1.807) is 15.3 Å². The predicted octanol–water partition coefficient (Wildman–Crippen LogP) is 2.70. The molecule has 0 amide bonds. The Balaban J connectivity index is 2.43. The second-order valence-corrected chi connectivity index (χ2v) is 5.27. The number of aromatic nitrogens is 3. The van der Waals surface area contributed by atoms with Crippen LogP contribution in [0.3, 0.4) is 0 Å². The minimum absolute atomic E-state index is 0.0576. The Bertz CT molecular complexity index is 575. The first kappa shape index (κ1) is 13.3. The van der Waals surface area contributed by atoms with Crippen molar-refractivity contribution in [2.75, 3.05) is 5.33 Å². The fourth-order valence-electron chi connectivity index (χ4n) is 2.09. The van der Waals surface area contributed by atoms with Crippen LogP contribution in [0.2, 0.25) is 0 Å². The second-order valence-electron chi connectivity index (χ2n) is 4.71. The molecule has 2 heterocycles. The Hall–Kier alpha value is -1.10. The fraction of sp³-hybridized carbons (Fsp3) is 0.538. The van der Waals surface area contributed by atoms with Gasteiger partial charge in [0.05, 0.1) is 6.54 Å². The first-order valence-corrected chi connectivity index (χ1v) is 7.38. The summed E-state index contributed by atoms with van der Waals surface area (Å²) in [5.41, 5.74) is 0.748. The van der Waals surface area contributed by atoms with Gasteiger partial charge in [-0.25, -0.2) is 9.48 Å². The lowest BCUT2D eigenvalue weighted by Gasteiger charge is -2.28. The Morgan fingerprint density at radius 3 is 2.61 bits per heavy atom. The first-order valence-electron chi connectivity index (χ1n) is 6.26. The summed E-state index contributed by atoms with van der Waals surface area (Å²) >= 11 is 3.57. The molecule has 0 aromatic carbocycles. The van der Waals surface area contributed by atoms with E-state index >= 15 is 0 Å². The summed E-state index contributed by atoms with van der Waals surface area (Å²) in [7, 11) is 0. The van der Waals surface area contributed by atoms with Crippen LogP contribution in [0.4, 0.5) is 0 Å². The molecule has 0 aliphatic rings. The van der Waals surface area contributed by atoms with E-state index in [1.165, 1.54) is 0 Å². The van der Waals surface area contributed by atoms with E-state index < -0.39 is 0 Å². The number of halogens is 1. The normalized spacial score (nSPS) is 12.2. The van der Waals surface area contributed by atoms with Gasteiger partial charge in [0.25, 0.3) is 0 Å². The molecule has 0 aliphatic carbocycles. The molecule has 0 spiro atoms. The number of hydrogen-bond donors (Lipinski definition) is 0. The highest BCUT2D eigenvalue weighted by molar-refractivity contribution is 9.09. The summed E-state index contributed by atoms with van der Waals surface area (Å²) in [6.45, 7) is 4.98. The van der Waals surface area contributed by atoms with Crippen molar-refractivity contribution in [3.8, 4) is 0 Å². The summed E-state index contributed by atoms with van der Waals surface area (Å²) in [6.07, 6.45) is 3.80. The maximum Gasteiger partial charge on any atom is 0.350 e. The van der Waals surface area contributed by atoms with Crippen molar-refractivity contribution < 1.29 is 0 Å². The van der Waals surface area contributed by atoms with Gasteiger partial charge < -0.3 is 0 Å². The van der Waals surface area contributed by atoms with E-state index in [2.05, 4.69) is 34.9 Å². The number of alkyl halides is 1. The molecule has 0 aliphatic heterocycles. The molecule has 0 saturated heterocycles. The van der Waals surface area contributed by atoms with Crippen LogP contribution >= 0.6 is 15.9 Å². The average Bonchev–Trinajstić information content (AvgIpc) is 2.73. The van der Waals surface area contributed by atoms with Crippen LogP contribution in [0.25, 0.3) is 5.65 Å². The number of fused-ring (bicyclic) bond motifs is 1. The van der Waals surface area contributed by atoms with E-state index in [9.17, 15) is 4.79 Å². The zero-order chi connectivity index (χ0) is 13.2. The van der Waals surface area contributed by atoms with Gasteiger partial charge in [0.15, 0.2) is 5.65 Å². The standard InChI is InChI=1S/C13H18BrN3O/c1-3-13(4-2,9-14)10-17-12(18)16-8-6-5-7-11(16)15-17/h5-8H,3-4,9-10H2,1-2H3. The highest BCUT2D eigenvalue weighted by atomic mass is 79.9. The van der Waals surface area contributed by atoms with Crippen LogP contribution in [0, 0.1) is 5.41 Å². The molecule has 0 atom stereocenters. The first-order chi connectivity index (χ1) is 8.65. The average molecular weight is 312 g/mol. The van der Waals surface area contributed by atoms with Gasteiger partial charge >= 0.3 is 5.69 Å². The van der Waals surface area contributed by atoms with Gasteiger partial charge in [-0.3, -0.25) is 4.40 Å².